The molecule has 1 fully saturated rings. The third-order valence-electron chi connectivity index (χ3n) is 5.43. The van der Waals surface area contributed by atoms with Gasteiger partial charge in [0.25, 0.3) is 0 Å². The fourth-order valence-corrected chi connectivity index (χ4v) is 3.74. The van der Waals surface area contributed by atoms with Crippen LogP contribution in [0.4, 0.5) is 11.5 Å². The van der Waals surface area contributed by atoms with Crippen LogP contribution in [0.1, 0.15) is 50.3 Å². The van der Waals surface area contributed by atoms with Crippen LogP contribution < -0.4 is 9.80 Å². The fraction of sp³-hybridized carbons (Fsp3) is 0.360. The number of nitrogens with zero attached hydrogens (tertiary/aromatic N) is 3. The van der Waals surface area contributed by atoms with Gasteiger partial charge in [-0.05, 0) is 49.0 Å². The molecule has 0 spiro atoms. The Morgan fingerprint density at radius 2 is 2.17 bits per heavy atom. The maximum absolute atomic E-state index is 12.9. The molecule has 1 saturated heterocycles. The quantitative estimate of drug-likeness (QED) is 0.636. The first kappa shape index (κ1) is 21.6. The van der Waals surface area contributed by atoms with Gasteiger partial charge < -0.3 is 4.90 Å². The summed E-state index contributed by atoms with van der Waals surface area (Å²) >= 11 is 0. The van der Waals surface area contributed by atoms with Gasteiger partial charge in [-0.3, -0.25) is 14.8 Å². The molecule has 1 unspecified atom stereocenters. The molecule has 5 nitrogen and oxygen atoms in total. The highest BCUT2D eigenvalue weighted by Crippen LogP contribution is 2.33. The zero-order valence-corrected chi connectivity index (χ0v) is 18.4. The number of piperidine rings is 1. The van der Waals surface area contributed by atoms with Gasteiger partial charge in [0, 0.05) is 38.8 Å². The first-order chi connectivity index (χ1) is 14.5. The van der Waals surface area contributed by atoms with E-state index in [1.807, 2.05) is 50.2 Å². The number of carbonyl (C=O) groups is 1. The molecular weight excluding hydrogens is 372 g/mol. The Hall–Kier alpha value is -3.08. The maximum atomic E-state index is 12.9. The van der Waals surface area contributed by atoms with Gasteiger partial charge in [-0.2, -0.15) is 5.10 Å². The van der Waals surface area contributed by atoms with E-state index in [-0.39, 0.29) is 11.8 Å². The molecule has 0 radical (unpaired) electrons. The van der Waals surface area contributed by atoms with Crippen molar-refractivity contribution in [1.82, 2.24) is 10.2 Å². The summed E-state index contributed by atoms with van der Waals surface area (Å²) in [5, 5.41) is 7.53. The third-order valence-corrected chi connectivity index (χ3v) is 5.43. The molecule has 1 aromatic heterocycles. The Balaban J connectivity index is 1.74. The van der Waals surface area contributed by atoms with E-state index in [4.69, 9.17) is 0 Å². The molecule has 1 aliphatic heterocycles. The standard InChI is InChI=1S/C25H32N4O/c1-5-7-8-11-19(10-6-2)23-18-24(27-26-23)29-15-14-21(17-25(29)30)20-12-9-13-22(16-20)28(3)4/h6-13,16,18,21H,5,14-15,17H2,1-4H3,(H,26,27)/b8-7+,10-6-,19-11+. The Kier molecular flexibility index (Phi) is 7.28. The number of anilines is 2. The van der Waals surface area contributed by atoms with Crippen molar-refractivity contribution in [1.29, 1.82) is 0 Å². The summed E-state index contributed by atoms with van der Waals surface area (Å²) in [5.74, 6) is 1.08. The van der Waals surface area contributed by atoms with Crippen LogP contribution in [0.3, 0.4) is 0 Å². The highest BCUT2D eigenvalue weighted by atomic mass is 16.2. The largest absolute Gasteiger partial charge is 0.378 e. The number of aromatic amines is 1. The second-order valence-electron chi connectivity index (χ2n) is 7.82. The van der Waals surface area contributed by atoms with Gasteiger partial charge >= 0.3 is 0 Å². The summed E-state index contributed by atoms with van der Waals surface area (Å²) in [4.78, 5) is 16.8. The van der Waals surface area contributed by atoms with Crippen LogP contribution in [-0.4, -0.2) is 36.7 Å². The zero-order chi connectivity index (χ0) is 21.5. The monoisotopic (exact) mass is 404 g/mol. The minimum absolute atomic E-state index is 0.127. The van der Waals surface area contributed by atoms with Crippen molar-refractivity contribution in [3.8, 4) is 0 Å². The van der Waals surface area contributed by atoms with Crippen LogP contribution in [0.5, 0.6) is 0 Å². The predicted octanol–water partition coefficient (Wildman–Crippen LogP) is 5.31. The van der Waals surface area contributed by atoms with E-state index in [2.05, 4.69) is 58.4 Å². The number of hydrogen-bond donors (Lipinski definition) is 1. The molecule has 1 atom stereocenters. The second kappa shape index (κ2) is 10.1. The van der Waals surface area contributed by atoms with E-state index in [9.17, 15) is 4.79 Å². The summed E-state index contributed by atoms with van der Waals surface area (Å²) in [6.07, 6.45) is 12.7. The number of nitrogens with one attached hydrogen (secondary N) is 1. The summed E-state index contributed by atoms with van der Waals surface area (Å²) in [7, 11) is 4.08. The lowest BCUT2D eigenvalue weighted by atomic mass is 9.88. The third kappa shape index (κ3) is 5.09. The van der Waals surface area contributed by atoms with E-state index >= 15 is 0 Å². The fourth-order valence-electron chi connectivity index (χ4n) is 3.74. The van der Waals surface area contributed by atoms with Gasteiger partial charge in [0.15, 0.2) is 5.82 Å². The summed E-state index contributed by atoms with van der Waals surface area (Å²) in [5.41, 5.74) is 4.36. The SMILES string of the molecule is C\C=C/C(=C\C=C\CC)c1cc(N2CCC(c3cccc(N(C)C)c3)CC2=O)n[nH]1. The van der Waals surface area contributed by atoms with Gasteiger partial charge in [0.05, 0.1) is 5.69 Å². The summed E-state index contributed by atoms with van der Waals surface area (Å²) in [6.45, 7) is 4.78. The van der Waals surface area contributed by atoms with Crippen LogP contribution in [-0.2, 0) is 4.79 Å². The molecule has 0 saturated carbocycles. The number of amides is 1. The topological polar surface area (TPSA) is 52.2 Å². The lowest BCUT2D eigenvalue weighted by Gasteiger charge is -2.30. The molecule has 0 aliphatic carbocycles. The first-order valence-corrected chi connectivity index (χ1v) is 10.7. The highest BCUT2D eigenvalue weighted by Gasteiger charge is 2.29. The van der Waals surface area contributed by atoms with E-state index in [0.717, 1.165) is 24.1 Å². The van der Waals surface area contributed by atoms with Gasteiger partial charge in [0.2, 0.25) is 5.91 Å². The zero-order valence-electron chi connectivity index (χ0n) is 18.4. The molecule has 2 aromatic rings. The van der Waals surface area contributed by atoms with E-state index in [1.54, 1.807) is 0 Å². The van der Waals surface area contributed by atoms with Gasteiger partial charge in [-0.25, -0.2) is 0 Å². The average molecular weight is 405 g/mol. The normalized spacial score (nSPS) is 18.0. The van der Waals surface area contributed by atoms with Crippen LogP contribution in [0.2, 0.25) is 0 Å². The molecule has 0 bridgehead atoms. The van der Waals surface area contributed by atoms with Crippen molar-refractivity contribution < 1.29 is 4.79 Å². The van der Waals surface area contributed by atoms with E-state index < -0.39 is 0 Å². The molecular formula is C25H32N4O. The molecule has 1 N–H and O–H groups in total. The predicted molar refractivity (Wildman–Crippen MR) is 126 cm³/mol. The summed E-state index contributed by atoms with van der Waals surface area (Å²) in [6, 6.07) is 10.5. The number of rotatable bonds is 7. The number of carbonyl (C=O) groups excluding carboxylic acids is 1. The Morgan fingerprint density at radius 1 is 1.33 bits per heavy atom. The first-order valence-electron chi connectivity index (χ1n) is 10.7. The van der Waals surface area contributed by atoms with Gasteiger partial charge in [0.1, 0.15) is 0 Å². The Morgan fingerprint density at radius 3 is 2.87 bits per heavy atom. The van der Waals surface area contributed by atoms with E-state index in [0.29, 0.717) is 18.8 Å². The maximum Gasteiger partial charge on any atom is 0.228 e. The van der Waals surface area contributed by atoms with Crippen molar-refractivity contribution in [2.45, 2.75) is 39.0 Å². The van der Waals surface area contributed by atoms with Crippen LogP contribution in [0.15, 0.2) is 60.7 Å². The minimum Gasteiger partial charge on any atom is -0.378 e. The number of hydrogen-bond acceptors (Lipinski definition) is 3. The number of benzene rings is 1. The number of H-pyrrole nitrogens is 1. The average Bonchev–Trinajstić information content (AvgIpc) is 3.23. The minimum atomic E-state index is 0.127. The number of aromatic nitrogens is 2. The molecule has 3 rings (SSSR count). The smallest absolute Gasteiger partial charge is 0.228 e. The van der Waals surface area contributed by atoms with Crippen molar-refractivity contribution in [2.24, 2.45) is 0 Å². The van der Waals surface area contributed by atoms with E-state index in [1.165, 1.54) is 11.3 Å². The molecule has 1 aromatic carbocycles. The molecule has 1 amide bonds. The van der Waals surface area contributed by atoms with Crippen LogP contribution in [0.25, 0.3) is 5.57 Å². The molecule has 1 aliphatic rings. The molecule has 2 heterocycles. The van der Waals surface area contributed by atoms with Crippen molar-refractivity contribution in [3.63, 3.8) is 0 Å². The molecule has 5 heteroatoms. The van der Waals surface area contributed by atoms with Crippen molar-refractivity contribution in [3.05, 3.63) is 72.0 Å². The lowest BCUT2D eigenvalue weighted by molar-refractivity contribution is -0.120. The second-order valence-corrected chi connectivity index (χ2v) is 7.82. The van der Waals surface area contributed by atoms with Crippen LogP contribution >= 0.6 is 0 Å². The van der Waals surface area contributed by atoms with Crippen LogP contribution in [0, 0.1) is 0 Å². The van der Waals surface area contributed by atoms with Gasteiger partial charge in [-0.15, -0.1) is 0 Å². The summed E-state index contributed by atoms with van der Waals surface area (Å²) < 4.78 is 0. The Bertz CT molecular complexity index is 952. The van der Waals surface area contributed by atoms with Gasteiger partial charge in [-0.1, -0.05) is 49.4 Å². The number of allylic oxidation sites excluding steroid dienone is 6. The van der Waals surface area contributed by atoms with Crippen molar-refractivity contribution in [2.75, 3.05) is 30.4 Å². The molecule has 158 valence electrons. The molecule has 30 heavy (non-hydrogen) atoms. The highest BCUT2D eigenvalue weighted by molar-refractivity contribution is 5.94. The Labute approximate surface area is 179 Å². The lowest BCUT2D eigenvalue weighted by Crippen LogP contribution is -2.38. The van der Waals surface area contributed by atoms with Crippen molar-refractivity contribution >= 4 is 23.0 Å².